The van der Waals surface area contributed by atoms with E-state index in [-0.39, 0.29) is 61.2 Å². The Morgan fingerprint density at radius 3 is 0.600 bits per heavy atom. The van der Waals surface area contributed by atoms with E-state index < -0.39 is 0 Å². The van der Waals surface area contributed by atoms with Gasteiger partial charge < -0.3 is 0 Å². The second-order valence-electron chi connectivity index (χ2n) is 0. The Morgan fingerprint density at radius 2 is 0.600 bits per heavy atom. The molecular weight excluding hydrogens is 94.3 g/mol. The Labute approximate surface area is 61.2 Å². The number of hydrogen-bond acceptors (Lipinski definition) is 0. The fourth-order valence-corrected chi connectivity index (χ4v) is 0. The molecule has 0 spiro atoms. The molecule has 0 aromatic heterocycles. The average molecular weight is 106 g/mol. The Kier molecular flexibility index (Phi) is 1190. The predicted octanol–water partition coefficient (Wildman–Crippen LogP) is -7.35. The molecule has 0 aliphatic rings. The fraction of sp³-hybridized carbons (Fsp3) is 0. The third kappa shape index (κ3) is 33.9. The van der Waals surface area contributed by atoms with E-state index in [2.05, 4.69) is 0 Å². The van der Waals surface area contributed by atoms with Crippen molar-refractivity contribution in [2.75, 3.05) is 0 Å². The molecule has 0 amide bonds. The van der Waals surface area contributed by atoms with Crippen molar-refractivity contribution in [3.63, 3.8) is 0 Å². The van der Waals surface area contributed by atoms with Gasteiger partial charge in [-0.05, 0) is 0 Å². The van der Waals surface area contributed by atoms with Gasteiger partial charge in [0, 0.05) is 0 Å². The fourth-order valence-electron chi connectivity index (χ4n) is 0. The predicted molar refractivity (Wildman–Crippen MR) is 34.0 cm³/mol. The summed E-state index contributed by atoms with van der Waals surface area (Å²) in [5.74, 6) is 0. The first-order chi connectivity index (χ1) is 0. The maximum absolute atomic E-state index is 0. The summed E-state index contributed by atoms with van der Waals surface area (Å²) in [7, 11) is 0. The van der Waals surface area contributed by atoms with Crippen LogP contribution < -0.4 is 18.9 Å². The Balaban J connectivity index is 0. The summed E-state index contributed by atoms with van der Waals surface area (Å²) in [4.78, 5) is 0. The van der Waals surface area contributed by atoms with E-state index >= 15 is 0 Å². The van der Waals surface area contributed by atoms with Crippen LogP contribution in [-0.4, -0.2) is 25.2 Å². The molecular formula is H12B3LiMn. The van der Waals surface area contributed by atoms with Crippen LogP contribution in [0.3, 0.4) is 0 Å². The summed E-state index contributed by atoms with van der Waals surface area (Å²) in [5, 5.41) is 0. The van der Waals surface area contributed by atoms with Crippen LogP contribution in [0, 0.1) is 0 Å². The number of rotatable bonds is 0. The van der Waals surface area contributed by atoms with Gasteiger partial charge in [-0.1, -0.05) is 25.2 Å². The van der Waals surface area contributed by atoms with Gasteiger partial charge in [0.2, 0.25) is 0 Å². The minimum atomic E-state index is 0. The van der Waals surface area contributed by atoms with E-state index in [4.69, 9.17) is 0 Å². The average Bonchev–Trinajstić information content (AvgIpc) is 0. The molecule has 5 heavy (non-hydrogen) atoms. The van der Waals surface area contributed by atoms with E-state index in [0.717, 1.165) is 0 Å². The van der Waals surface area contributed by atoms with E-state index in [9.17, 15) is 0 Å². The van der Waals surface area contributed by atoms with E-state index in [1.54, 1.807) is 0 Å². The molecule has 0 fully saturated rings. The van der Waals surface area contributed by atoms with Gasteiger partial charge in [0.1, 0.15) is 0 Å². The van der Waals surface area contributed by atoms with Crippen molar-refractivity contribution >= 4 is 25.2 Å². The quantitative estimate of drug-likeness (QED) is 0.269. The van der Waals surface area contributed by atoms with Crippen molar-refractivity contribution in [2.24, 2.45) is 0 Å². The van der Waals surface area contributed by atoms with Gasteiger partial charge in [0.15, 0.2) is 0 Å². The molecule has 5 heteroatoms. The zero-order valence-corrected chi connectivity index (χ0v) is 2.56. The van der Waals surface area contributed by atoms with Crippen molar-refractivity contribution in [3.05, 3.63) is 0 Å². The van der Waals surface area contributed by atoms with Crippen LogP contribution in [-0.2, 0) is 17.1 Å². The van der Waals surface area contributed by atoms with Crippen LogP contribution in [0.25, 0.3) is 0 Å². The molecule has 0 bridgehead atoms. The van der Waals surface area contributed by atoms with Gasteiger partial charge in [0.05, 0.1) is 0 Å². The van der Waals surface area contributed by atoms with Crippen LogP contribution in [0.1, 0.15) is 0 Å². The monoisotopic (exact) mass is 107 g/mol. The third-order valence-corrected chi connectivity index (χ3v) is 0. The molecule has 1 radical (unpaired) electrons. The van der Waals surface area contributed by atoms with Crippen molar-refractivity contribution < 1.29 is 35.9 Å². The maximum Gasteiger partial charge on any atom is 2.00 e. The van der Waals surface area contributed by atoms with Gasteiger partial charge in [-0.3, -0.25) is 0 Å². The molecule has 0 aromatic carbocycles. The summed E-state index contributed by atoms with van der Waals surface area (Å²) in [6, 6.07) is 0. The molecule has 0 N–H and O–H groups in total. The largest absolute Gasteiger partial charge is 2.00 e. The minimum Gasteiger partial charge on any atom is -0.0626 e. The third-order valence-electron chi connectivity index (χ3n) is 0. The van der Waals surface area contributed by atoms with Gasteiger partial charge in [-0.25, -0.2) is 0 Å². The van der Waals surface area contributed by atoms with Crippen LogP contribution in [0.4, 0.5) is 0 Å². The molecule has 0 saturated carbocycles. The molecule has 0 unspecified atom stereocenters. The Morgan fingerprint density at radius 1 is 0.600 bits per heavy atom. The van der Waals surface area contributed by atoms with Crippen LogP contribution in [0.2, 0.25) is 0 Å². The summed E-state index contributed by atoms with van der Waals surface area (Å²) in [6.07, 6.45) is 0. The van der Waals surface area contributed by atoms with E-state index in [0.29, 0.717) is 0 Å². The Bertz CT molecular complexity index is 6.85. The van der Waals surface area contributed by atoms with E-state index in [1.165, 1.54) is 0 Å². The van der Waals surface area contributed by atoms with Gasteiger partial charge in [-0.2, -0.15) is 0 Å². The first-order valence-electron chi connectivity index (χ1n) is 0. The zero-order chi connectivity index (χ0) is 0. The molecule has 29 valence electrons. The molecule has 0 atom stereocenters. The van der Waals surface area contributed by atoms with Crippen molar-refractivity contribution in [1.82, 2.24) is 0 Å². The van der Waals surface area contributed by atoms with Crippen molar-refractivity contribution in [3.8, 4) is 0 Å². The summed E-state index contributed by atoms with van der Waals surface area (Å²) in [6.45, 7) is 0. The van der Waals surface area contributed by atoms with E-state index in [1.807, 2.05) is 0 Å². The molecule has 0 rings (SSSR count). The minimum absolute atomic E-state index is 0. The molecule has 0 saturated heterocycles. The molecule has 0 nitrogen and oxygen atoms in total. The van der Waals surface area contributed by atoms with Crippen LogP contribution in [0.5, 0.6) is 0 Å². The Hall–Kier alpha value is 1.31. The molecule has 0 aliphatic heterocycles. The normalized spacial score (nSPS) is 0. The van der Waals surface area contributed by atoms with Gasteiger partial charge >= 0.3 is 35.9 Å². The zero-order valence-electron chi connectivity index (χ0n) is 1.38. The molecule has 0 heterocycles. The summed E-state index contributed by atoms with van der Waals surface area (Å²) < 4.78 is 0. The summed E-state index contributed by atoms with van der Waals surface area (Å²) >= 11 is 0. The standard InChI is InChI=1S/3BH4.Li.Mn/h3*1H4;;/q3*-1;+1;+2. The first-order valence-corrected chi connectivity index (χ1v) is 0. The second-order valence-corrected chi connectivity index (χ2v) is 0. The second kappa shape index (κ2) is 57.4. The topological polar surface area (TPSA) is 0 Å². The number of hydrogen-bond donors (Lipinski definition) is 0. The van der Waals surface area contributed by atoms with Crippen LogP contribution in [0.15, 0.2) is 0 Å². The maximum atomic E-state index is 0. The van der Waals surface area contributed by atoms with Crippen molar-refractivity contribution in [2.45, 2.75) is 0 Å². The van der Waals surface area contributed by atoms with Gasteiger partial charge in [-0.15, -0.1) is 0 Å². The van der Waals surface area contributed by atoms with Crippen molar-refractivity contribution in [1.29, 1.82) is 0 Å². The summed E-state index contributed by atoms with van der Waals surface area (Å²) in [5.41, 5.74) is 0. The SMILES string of the molecule is [BH4-].[BH4-].[BH4-].[Li+].[Mn+2]. The molecule has 0 aromatic rings. The first kappa shape index (κ1) is 104. The van der Waals surface area contributed by atoms with Gasteiger partial charge in [0.25, 0.3) is 0 Å². The molecule has 0 aliphatic carbocycles. The van der Waals surface area contributed by atoms with Crippen LogP contribution >= 0.6 is 0 Å². The smallest absolute Gasteiger partial charge is 0.0626 e.